The molecule has 5 aliphatic rings. The van der Waals surface area contributed by atoms with Gasteiger partial charge in [0.05, 0.1) is 29.0 Å². The summed E-state index contributed by atoms with van der Waals surface area (Å²) in [5.74, 6) is 2.26. The number of nitrogens with two attached hydrogens (primary N) is 2. The quantitative estimate of drug-likeness (QED) is 0.179. The predicted molar refractivity (Wildman–Crippen MR) is 247 cm³/mol. The molecule has 2 aliphatic carbocycles. The number of aromatic nitrogens is 4. The maximum absolute atomic E-state index is 12.4. The van der Waals surface area contributed by atoms with E-state index in [0.717, 1.165) is 142 Å². The number of carbonyl (C=O) groups excluding carboxylic acids is 3. The smallest absolute Gasteiger partial charge is 0.225 e. The molecule has 0 bridgehead atoms. The molecule has 5 N–H and O–H groups in total. The van der Waals surface area contributed by atoms with Gasteiger partial charge in [-0.25, -0.2) is 9.03 Å². The summed E-state index contributed by atoms with van der Waals surface area (Å²) in [5, 5.41) is 12.3. The van der Waals surface area contributed by atoms with E-state index >= 15 is 0 Å². The standard InChI is InChI=1S/C24H26N6O.C22H22N4O2.C2H8N2/c31-24(19-5-6-19)29-13-11-28(12-14-29)21-7-8-27-30-16-20(15-22(21)30)17-1-3-18(4-2-17)23-25-9-10-26-23;27-15-16-1-3-17(4-2-16)19-13-21-20(7-8-23-26(21)14-19)24-9-11-25(12-10-24)22(28)18-5-6-18;3-1-2-4/h1-4,7-8,15-16,19H,5-6,9-14H2,(H,25,26);1-4,7-8,13-15,18H,5-6,9-12H2;1-4H2. The molecule has 4 fully saturated rings. The first-order chi connectivity index (χ1) is 30.9. The fourth-order valence-corrected chi connectivity index (χ4v) is 8.53. The van der Waals surface area contributed by atoms with Crippen molar-refractivity contribution in [1.29, 1.82) is 0 Å². The van der Waals surface area contributed by atoms with Crippen LogP contribution in [0.4, 0.5) is 11.4 Å². The summed E-state index contributed by atoms with van der Waals surface area (Å²) in [6.07, 6.45) is 12.9. The number of hydrogen-bond acceptors (Lipinski definition) is 11. The van der Waals surface area contributed by atoms with Crippen molar-refractivity contribution in [2.24, 2.45) is 28.3 Å². The molecule has 2 amide bonds. The lowest BCUT2D eigenvalue weighted by Gasteiger charge is -2.36. The molecule has 6 aromatic rings. The fourth-order valence-electron chi connectivity index (χ4n) is 8.53. The Hall–Kier alpha value is -6.58. The van der Waals surface area contributed by atoms with Crippen LogP contribution in [0.3, 0.4) is 0 Å². The molecule has 2 aromatic carbocycles. The van der Waals surface area contributed by atoms with Crippen molar-refractivity contribution >= 4 is 46.3 Å². The number of benzene rings is 2. The van der Waals surface area contributed by atoms with Gasteiger partial charge in [0.1, 0.15) is 12.1 Å². The lowest BCUT2D eigenvalue weighted by molar-refractivity contribution is -0.133. The van der Waals surface area contributed by atoms with Crippen LogP contribution in [-0.2, 0) is 9.59 Å². The number of carbonyl (C=O) groups is 3. The van der Waals surface area contributed by atoms with Crippen molar-refractivity contribution in [3.05, 3.63) is 109 Å². The minimum Gasteiger partial charge on any atom is -0.368 e. The maximum Gasteiger partial charge on any atom is 0.225 e. The van der Waals surface area contributed by atoms with Gasteiger partial charge in [-0.1, -0.05) is 48.5 Å². The zero-order valence-electron chi connectivity index (χ0n) is 35.7. The number of rotatable bonds is 9. The van der Waals surface area contributed by atoms with Crippen molar-refractivity contribution in [2.45, 2.75) is 25.7 Å². The SMILES string of the molecule is NCCN.O=C(C1CC1)N1CCN(c2ccnn3cc(-c4ccc(C5=NCCN5)cc4)cc23)CC1.O=Cc1ccc(-c2cc3c(N4CCN(C(=O)C5CC5)CC4)ccnn3c2)cc1. The second kappa shape index (κ2) is 18.8. The third-order valence-electron chi connectivity index (χ3n) is 12.4. The number of amides is 2. The number of hydrogen-bond donors (Lipinski definition) is 3. The first kappa shape index (κ1) is 41.8. The van der Waals surface area contributed by atoms with E-state index in [-0.39, 0.29) is 5.92 Å². The van der Waals surface area contributed by atoms with Crippen LogP contribution >= 0.6 is 0 Å². The molecule has 11 rings (SSSR count). The summed E-state index contributed by atoms with van der Waals surface area (Å²) < 4.78 is 3.86. The molecule has 63 heavy (non-hydrogen) atoms. The Morgan fingerprint density at radius 2 is 1.05 bits per heavy atom. The van der Waals surface area contributed by atoms with Gasteiger partial charge in [0, 0.05) is 131 Å². The van der Waals surface area contributed by atoms with Gasteiger partial charge in [-0.3, -0.25) is 19.4 Å². The third kappa shape index (κ3) is 9.44. The zero-order chi connectivity index (χ0) is 43.3. The van der Waals surface area contributed by atoms with Crippen LogP contribution in [-0.4, -0.2) is 132 Å². The Bertz CT molecular complexity index is 2580. The summed E-state index contributed by atoms with van der Waals surface area (Å²) in [5.41, 5.74) is 20.5. The van der Waals surface area contributed by atoms with E-state index in [1.807, 2.05) is 67.8 Å². The van der Waals surface area contributed by atoms with Crippen molar-refractivity contribution in [1.82, 2.24) is 34.3 Å². The van der Waals surface area contributed by atoms with Crippen molar-refractivity contribution < 1.29 is 14.4 Å². The van der Waals surface area contributed by atoms with Gasteiger partial charge in [0.25, 0.3) is 0 Å². The molecule has 15 nitrogen and oxygen atoms in total. The average molecular weight is 849 g/mol. The van der Waals surface area contributed by atoms with Crippen LogP contribution < -0.4 is 26.6 Å². The Morgan fingerprint density at radius 3 is 1.44 bits per heavy atom. The van der Waals surface area contributed by atoms with E-state index in [4.69, 9.17) is 11.5 Å². The summed E-state index contributed by atoms with van der Waals surface area (Å²) in [7, 11) is 0. The molecule has 0 atom stereocenters. The number of piperazine rings is 2. The van der Waals surface area contributed by atoms with Gasteiger partial charge in [0.15, 0.2) is 0 Å². The first-order valence-electron chi connectivity index (χ1n) is 22.3. The Balaban J connectivity index is 0.000000148. The second-order valence-electron chi connectivity index (χ2n) is 16.8. The molecule has 15 heteroatoms. The molecular formula is C48H56N12O3. The number of nitrogens with zero attached hydrogens (tertiary/aromatic N) is 9. The normalized spacial score (nSPS) is 17.4. The molecule has 4 aromatic heterocycles. The van der Waals surface area contributed by atoms with E-state index in [2.05, 4.69) is 79.0 Å². The van der Waals surface area contributed by atoms with Crippen molar-refractivity contribution in [2.75, 3.05) is 88.3 Å². The summed E-state index contributed by atoms with van der Waals surface area (Å²) in [6.45, 7) is 9.53. The van der Waals surface area contributed by atoms with Gasteiger partial charge in [-0.15, -0.1) is 0 Å². The number of fused-ring (bicyclic) bond motifs is 2. The number of anilines is 2. The molecule has 0 spiro atoms. The highest BCUT2D eigenvalue weighted by Gasteiger charge is 2.36. The lowest BCUT2D eigenvalue weighted by atomic mass is 10.1. The third-order valence-corrected chi connectivity index (χ3v) is 12.4. The highest BCUT2D eigenvalue weighted by molar-refractivity contribution is 6.00. The van der Waals surface area contributed by atoms with E-state index in [0.29, 0.717) is 36.4 Å². The number of nitrogens with one attached hydrogen (secondary N) is 1. The molecule has 0 unspecified atom stereocenters. The molecule has 326 valence electrons. The average Bonchev–Trinajstić information content (AvgIpc) is 4.22. The Labute approximate surface area is 367 Å². The molecule has 2 saturated carbocycles. The largest absolute Gasteiger partial charge is 0.368 e. The zero-order valence-corrected chi connectivity index (χ0v) is 35.7. The highest BCUT2D eigenvalue weighted by Crippen LogP contribution is 2.34. The Kier molecular flexibility index (Phi) is 12.5. The van der Waals surface area contributed by atoms with E-state index in [9.17, 15) is 14.4 Å². The van der Waals surface area contributed by atoms with E-state index < -0.39 is 0 Å². The summed E-state index contributed by atoms with van der Waals surface area (Å²) in [6, 6.07) is 24.6. The van der Waals surface area contributed by atoms with Crippen LogP contribution in [0.25, 0.3) is 33.3 Å². The number of aliphatic imine (C=N–C) groups is 1. The number of amidine groups is 1. The van der Waals surface area contributed by atoms with Gasteiger partial charge in [-0.05, 0) is 61.1 Å². The van der Waals surface area contributed by atoms with E-state index in [1.54, 1.807) is 0 Å². The molecule has 0 radical (unpaired) electrons. The van der Waals surface area contributed by atoms with Crippen LogP contribution in [0.1, 0.15) is 41.6 Å². The minimum atomic E-state index is 0.290. The summed E-state index contributed by atoms with van der Waals surface area (Å²) in [4.78, 5) is 48.8. The van der Waals surface area contributed by atoms with Crippen molar-refractivity contribution in [3.8, 4) is 22.3 Å². The monoisotopic (exact) mass is 848 g/mol. The van der Waals surface area contributed by atoms with Gasteiger partial charge < -0.3 is 36.4 Å². The molecule has 7 heterocycles. The van der Waals surface area contributed by atoms with E-state index in [1.165, 1.54) is 11.3 Å². The molecular weight excluding hydrogens is 793 g/mol. The number of aldehydes is 1. The van der Waals surface area contributed by atoms with Crippen molar-refractivity contribution in [3.63, 3.8) is 0 Å². The van der Waals surface area contributed by atoms with Gasteiger partial charge >= 0.3 is 0 Å². The van der Waals surface area contributed by atoms with Crippen LogP contribution in [0.5, 0.6) is 0 Å². The molecule has 3 aliphatic heterocycles. The lowest BCUT2D eigenvalue weighted by Crippen LogP contribution is -2.49. The second-order valence-corrected chi connectivity index (χ2v) is 16.8. The topological polar surface area (TPSA) is 175 Å². The minimum absolute atomic E-state index is 0.290. The highest BCUT2D eigenvalue weighted by atomic mass is 16.2. The maximum atomic E-state index is 12.4. The first-order valence-corrected chi connectivity index (χ1v) is 22.3. The predicted octanol–water partition coefficient (Wildman–Crippen LogP) is 4.19. The van der Waals surface area contributed by atoms with Crippen LogP contribution in [0.2, 0.25) is 0 Å². The summed E-state index contributed by atoms with van der Waals surface area (Å²) >= 11 is 0. The fraction of sp³-hybridized carbons (Fsp3) is 0.375. The van der Waals surface area contributed by atoms with Crippen LogP contribution in [0, 0.1) is 11.8 Å². The van der Waals surface area contributed by atoms with Gasteiger partial charge in [-0.2, -0.15) is 10.2 Å². The van der Waals surface area contributed by atoms with Gasteiger partial charge in [0.2, 0.25) is 11.8 Å². The Morgan fingerprint density at radius 1 is 0.603 bits per heavy atom. The van der Waals surface area contributed by atoms with Crippen LogP contribution in [0.15, 0.2) is 103 Å². The molecule has 2 saturated heterocycles.